The van der Waals surface area contributed by atoms with Gasteiger partial charge in [0.25, 0.3) is 5.91 Å². The number of piperazine rings is 1. The lowest BCUT2D eigenvalue weighted by Crippen LogP contribution is -2.68. The molecule has 1 aliphatic rings. The number of halogens is 2. The highest BCUT2D eigenvalue weighted by Crippen LogP contribution is 2.34. The largest absolute Gasteiger partial charge is 0.340 e. The smallest absolute Gasteiger partial charge is 0.253 e. The maximum atomic E-state index is 12.7. The first-order valence-corrected chi connectivity index (χ1v) is 7.16. The Labute approximate surface area is 128 Å². The molecule has 0 bridgehead atoms. The predicted molar refractivity (Wildman–Crippen MR) is 80.2 cm³/mol. The molecule has 0 aliphatic carbocycles. The summed E-state index contributed by atoms with van der Waals surface area (Å²) in [6, 6.07) is 4.24. The minimum atomic E-state index is -0.921. The number of benzene rings is 1. The Kier molecular flexibility index (Phi) is 3.98. The fraction of sp³-hybridized carbons (Fsp3) is 0.429. The van der Waals surface area contributed by atoms with Crippen LogP contribution in [-0.4, -0.2) is 23.4 Å². The van der Waals surface area contributed by atoms with Gasteiger partial charge in [0.15, 0.2) is 0 Å². The number of hydrogen-bond donors (Lipinski definition) is 1. The summed E-state index contributed by atoms with van der Waals surface area (Å²) in [5.41, 5.74) is -0.457. The van der Waals surface area contributed by atoms with Crippen LogP contribution < -0.4 is 10.2 Å². The Bertz CT molecular complexity index is 576. The molecule has 108 valence electrons. The Morgan fingerprint density at radius 2 is 2.00 bits per heavy atom. The van der Waals surface area contributed by atoms with Crippen molar-refractivity contribution in [1.82, 2.24) is 5.32 Å². The molecule has 1 aliphatic heterocycles. The number of amides is 2. The first-order valence-electron chi connectivity index (χ1n) is 6.41. The number of carbonyl (C=O) groups is 2. The average Bonchev–Trinajstić information content (AvgIpc) is 2.41. The summed E-state index contributed by atoms with van der Waals surface area (Å²) in [7, 11) is 0. The second-order valence-corrected chi connectivity index (χ2v) is 5.97. The second kappa shape index (κ2) is 5.26. The number of rotatable bonds is 2. The summed E-state index contributed by atoms with van der Waals surface area (Å²) in [4.78, 5) is 26.2. The molecule has 1 aromatic rings. The molecule has 0 radical (unpaired) electrons. The summed E-state index contributed by atoms with van der Waals surface area (Å²) in [5, 5.41) is 3.63. The predicted octanol–water partition coefficient (Wildman–Crippen LogP) is 3.01. The van der Waals surface area contributed by atoms with Crippen molar-refractivity contribution >= 4 is 40.7 Å². The van der Waals surface area contributed by atoms with Gasteiger partial charge < -0.3 is 5.32 Å². The van der Waals surface area contributed by atoms with Gasteiger partial charge in [-0.1, -0.05) is 30.1 Å². The molecule has 2 atom stereocenters. The van der Waals surface area contributed by atoms with Gasteiger partial charge in [-0.2, -0.15) is 0 Å². The Hall–Kier alpha value is -1.26. The van der Waals surface area contributed by atoms with Crippen LogP contribution in [0.15, 0.2) is 18.2 Å². The summed E-state index contributed by atoms with van der Waals surface area (Å²) < 4.78 is 0. The summed E-state index contributed by atoms with van der Waals surface area (Å²) in [6.07, 6.45) is 0.499. The number of nitrogens with one attached hydrogen (secondary N) is 1. The highest BCUT2D eigenvalue weighted by molar-refractivity contribution is 6.36. The molecule has 1 N–H and O–H groups in total. The monoisotopic (exact) mass is 314 g/mol. The van der Waals surface area contributed by atoms with E-state index in [1.807, 2.05) is 6.92 Å². The fourth-order valence-electron chi connectivity index (χ4n) is 2.22. The van der Waals surface area contributed by atoms with E-state index < -0.39 is 11.6 Å². The van der Waals surface area contributed by atoms with E-state index in [4.69, 9.17) is 23.2 Å². The minimum Gasteiger partial charge on any atom is -0.340 e. The quantitative estimate of drug-likeness (QED) is 0.912. The molecular weight excluding hydrogens is 299 g/mol. The van der Waals surface area contributed by atoms with Crippen molar-refractivity contribution in [3.05, 3.63) is 28.2 Å². The van der Waals surface area contributed by atoms with E-state index in [0.29, 0.717) is 22.2 Å². The molecule has 6 heteroatoms. The fourth-order valence-corrected chi connectivity index (χ4v) is 2.59. The number of hydrogen-bond acceptors (Lipinski definition) is 2. The summed E-state index contributed by atoms with van der Waals surface area (Å²) in [5.74, 6) is -0.388. The summed E-state index contributed by atoms with van der Waals surface area (Å²) >= 11 is 12.1. The minimum absolute atomic E-state index is 0.184. The van der Waals surface area contributed by atoms with Crippen molar-refractivity contribution in [3.8, 4) is 0 Å². The van der Waals surface area contributed by atoms with E-state index in [9.17, 15) is 9.59 Å². The third-order valence-corrected chi connectivity index (χ3v) is 4.29. The van der Waals surface area contributed by atoms with Gasteiger partial charge in [0, 0.05) is 5.02 Å². The lowest BCUT2D eigenvalue weighted by Gasteiger charge is -2.43. The molecule has 20 heavy (non-hydrogen) atoms. The maximum Gasteiger partial charge on any atom is 0.253 e. The van der Waals surface area contributed by atoms with E-state index in [1.165, 1.54) is 4.90 Å². The molecule has 2 amide bonds. The third-order valence-electron chi connectivity index (χ3n) is 3.73. The van der Waals surface area contributed by atoms with Crippen LogP contribution in [0.25, 0.3) is 0 Å². The van der Waals surface area contributed by atoms with E-state index >= 15 is 0 Å². The standard InChI is InChI=1S/C14H16Cl2N2O2/c1-4-14(3)13(20)18(8(2)12(19)17-14)11-7-9(15)5-6-10(11)16/h5-8H,4H2,1-3H3,(H,17,19). The van der Waals surface area contributed by atoms with E-state index in [-0.39, 0.29) is 11.8 Å². The van der Waals surface area contributed by atoms with Gasteiger partial charge in [-0.05, 0) is 38.5 Å². The highest BCUT2D eigenvalue weighted by Gasteiger charge is 2.46. The van der Waals surface area contributed by atoms with Gasteiger partial charge in [-0.15, -0.1) is 0 Å². The van der Waals surface area contributed by atoms with E-state index in [2.05, 4.69) is 5.32 Å². The molecule has 1 fully saturated rings. The number of carbonyl (C=O) groups excluding carboxylic acids is 2. The number of nitrogens with zero attached hydrogens (tertiary/aromatic N) is 1. The van der Waals surface area contributed by atoms with Crippen molar-refractivity contribution in [2.75, 3.05) is 4.90 Å². The highest BCUT2D eigenvalue weighted by atomic mass is 35.5. The zero-order valence-electron chi connectivity index (χ0n) is 11.5. The van der Waals surface area contributed by atoms with E-state index in [0.717, 1.165) is 0 Å². The molecule has 1 heterocycles. The molecule has 0 spiro atoms. The topological polar surface area (TPSA) is 49.4 Å². The van der Waals surface area contributed by atoms with Crippen molar-refractivity contribution in [3.63, 3.8) is 0 Å². The molecular formula is C14H16Cl2N2O2. The van der Waals surface area contributed by atoms with Crippen molar-refractivity contribution < 1.29 is 9.59 Å². The van der Waals surface area contributed by atoms with Gasteiger partial charge in [-0.25, -0.2) is 0 Å². The van der Waals surface area contributed by atoms with Crippen LogP contribution in [0, 0.1) is 0 Å². The van der Waals surface area contributed by atoms with Crippen LogP contribution in [0.4, 0.5) is 5.69 Å². The normalized spacial score (nSPS) is 26.6. The molecule has 0 saturated carbocycles. The Morgan fingerprint density at radius 3 is 2.60 bits per heavy atom. The van der Waals surface area contributed by atoms with Gasteiger partial charge in [0.05, 0.1) is 10.7 Å². The van der Waals surface area contributed by atoms with Gasteiger partial charge in [-0.3, -0.25) is 14.5 Å². The van der Waals surface area contributed by atoms with Crippen molar-refractivity contribution in [2.45, 2.75) is 38.8 Å². The van der Waals surface area contributed by atoms with Crippen molar-refractivity contribution in [2.24, 2.45) is 0 Å². The first-order chi connectivity index (χ1) is 9.30. The molecule has 1 saturated heterocycles. The molecule has 2 rings (SSSR count). The molecule has 2 unspecified atom stereocenters. The van der Waals surface area contributed by atoms with Crippen LogP contribution in [0.1, 0.15) is 27.2 Å². The average molecular weight is 315 g/mol. The van der Waals surface area contributed by atoms with Gasteiger partial charge in [0.2, 0.25) is 5.91 Å². The van der Waals surface area contributed by atoms with Crippen molar-refractivity contribution in [1.29, 1.82) is 0 Å². The lowest BCUT2D eigenvalue weighted by molar-refractivity contribution is -0.137. The van der Waals surface area contributed by atoms with Gasteiger partial charge in [0.1, 0.15) is 11.6 Å². The zero-order valence-corrected chi connectivity index (χ0v) is 13.0. The summed E-state index contributed by atoms with van der Waals surface area (Å²) in [6.45, 7) is 5.23. The Balaban J connectivity index is 2.54. The van der Waals surface area contributed by atoms with E-state index in [1.54, 1.807) is 32.0 Å². The first kappa shape index (κ1) is 15.1. The SMILES string of the molecule is CCC1(C)NC(=O)C(C)N(c2cc(Cl)ccc2Cl)C1=O. The van der Waals surface area contributed by atoms with Crippen LogP contribution in [-0.2, 0) is 9.59 Å². The van der Waals surface area contributed by atoms with Crippen LogP contribution in [0.5, 0.6) is 0 Å². The van der Waals surface area contributed by atoms with Crippen LogP contribution in [0.3, 0.4) is 0 Å². The number of anilines is 1. The van der Waals surface area contributed by atoms with Crippen LogP contribution >= 0.6 is 23.2 Å². The third kappa shape index (κ3) is 2.38. The molecule has 0 aromatic heterocycles. The second-order valence-electron chi connectivity index (χ2n) is 5.12. The molecule has 4 nitrogen and oxygen atoms in total. The van der Waals surface area contributed by atoms with Crippen LogP contribution in [0.2, 0.25) is 10.0 Å². The van der Waals surface area contributed by atoms with Gasteiger partial charge >= 0.3 is 0 Å². The zero-order chi connectivity index (χ0) is 15.1. The Morgan fingerprint density at radius 1 is 1.35 bits per heavy atom. The molecule has 1 aromatic carbocycles. The maximum absolute atomic E-state index is 12.7. The lowest BCUT2D eigenvalue weighted by atomic mass is 9.92.